The van der Waals surface area contributed by atoms with Gasteiger partial charge in [-0.15, -0.1) is 0 Å². The van der Waals surface area contributed by atoms with Crippen LogP contribution in [-0.4, -0.2) is 11.6 Å². The van der Waals surface area contributed by atoms with Crippen LogP contribution in [0.5, 0.6) is 0 Å². The van der Waals surface area contributed by atoms with E-state index in [2.05, 4.69) is 44.9 Å². The quantitative estimate of drug-likeness (QED) is 0.842. The highest BCUT2D eigenvalue weighted by atomic mass is 79.9. The highest BCUT2D eigenvalue weighted by molar-refractivity contribution is 9.10. The minimum Gasteiger partial charge on any atom is -0.388 e. The van der Waals surface area contributed by atoms with E-state index < -0.39 is 0 Å². The van der Waals surface area contributed by atoms with Crippen LogP contribution in [0.25, 0.3) is 10.9 Å². The molecule has 0 radical (unpaired) electrons. The molecule has 1 aromatic heterocycles. The Morgan fingerprint density at radius 1 is 1.38 bits per heavy atom. The minimum absolute atomic E-state index is 1.15. The van der Waals surface area contributed by atoms with Crippen LogP contribution >= 0.6 is 15.9 Å². The van der Waals surface area contributed by atoms with Crippen LogP contribution in [0.1, 0.15) is 17.7 Å². The molecule has 1 N–H and O–H groups in total. The Morgan fingerprint density at radius 2 is 2.19 bits per heavy atom. The average Bonchev–Trinajstić information content (AvgIpc) is 2.56. The Hall–Kier alpha value is -0.960. The van der Waals surface area contributed by atoms with E-state index in [0.717, 1.165) is 6.54 Å². The number of rotatable bonds is 1. The van der Waals surface area contributed by atoms with Crippen LogP contribution in [0.2, 0.25) is 0 Å². The first-order valence-corrected chi connectivity index (χ1v) is 6.50. The SMILES string of the molecule is CNc1cc2c3c(c1)c(Br)c(C)n3CCC2. The molecule has 2 aromatic rings. The van der Waals surface area contributed by atoms with Crippen LogP contribution in [-0.2, 0) is 13.0 Å². The average molecular weight is 279 g/mol. The third-order valence-electron chi connectivity index (χ3n) is 3.53. The Morgan fingerprint density at radius 3 is 2.94 bits per heavy atom. The highest BCUT2D eigenvalue weighted by Crippen LogP contribution is 2.37. The van der Waals surface area contributed by atoms with Gasteiger partial charge in [0.05, 0.1) is 5.52 Å². The summed E-state index contributed by atoms with van der Waals surface area (Å²) < 4.78 is 3.69. The summed E-state index contributed by atoms with van der Waals surface area (Å²) in [7, 11) is 1.98. The zero-order chi connectivity index (χ0) is 11.3. The molecule has 16 heavy (non-hydrogen) atoms. The standard InChI is InChI=1S/C13H15BrN2/c1-8-12(14)11-7-10(15-2)6-9-4-3-5-16(8)13(9)11/h6-7,15H,3-5H2,1-2H3. The van der Waals surface area contributed by atoms with Gasteiger partial charge in [-0.1, -0.05) is 0 Å². The van der Waals surface area contributed by atoms with E-state index in [1.807, 2.05) is 7.05 Å². The van der Waals surface area contributed by atoms with Crippen LogP contribution < -0.4 is 5.32 Å². The van der Waals surface area contributed by atoms with Crippen LogP contribution in [0, 0.1) is 6.92 Å². The molecule has 0 bridgehead atoms. The lowest BCUT2D eigenvalue weighted by atomic mass is 10.0. The van der Waals surface area contributed by atoms with Gasteiger partial charge in [0, 0.05) is 34.8 Å². The summed E-state index contributed by atoms with van der Waals surface area (Å²) in [6.45, 7) is 3.35. The molecule has 0 unspecified atom stereocenters. The second kappa shape index (κ2) is 3.52. The second-order valence-electron chi connectivity index (χ2n) is 4.44. The van der Waals surface area contributed by atoms with Gasteiger partial charge < -0.3 is 9.88 Å². The van der Waals surface area contributed by atoms with Gasteiger partial charge >= 0.3 is 0 Å². The topological polar surface area (TPSA) is 17.0 Å². The largest absolute Gasteiger partial charge is 0.388 e. The van der Waals surface area contributed by atoms with Gasteiger partial charge in [-0.05, 0) is 53.4 Å². The summed E-state index contributed by atoms with van der Waals surface area (Å²) in [4.78, 5) is 0. The molecule has 0 saturated carbocycles. The molecule has 1 aliphatic rings. The van der Waals surface area contributed by atoms with Gasteiger partial charge in [-0.25, -0.2) is 0 Å². The van der Waals surface area contributed by atoms with Crippen molar-refractivity contribution in [1.29, 1.82) is 0 Å². The van der Waals surface area contributed by atoms with Crippen molar-refractivity contribution in [2.24, 2.45) is 0 Å². The van der Waals surface area contributed by atoms with Crippen LogP contribution in [0.3, 0.4) is 0 Å². The molecular formula is C13H15BrN2. The molecule has 1 aromatic carbocycles. The molecular weight excluding hydrogens is 264 g/mol. The summed E-state index contributed by atoms with van der Waals surface area (Å²) in [5.41, 5.74) is 5.46. The number of hydrogen-bond acceptors (Lipinski definition) is 1. The van der Waals surface area contributed by atoms with Gasteiger partial charge in [0.15, 0.2) is 0 Å². The molecule has 2 heterocycles. The summed E-state index contributed by atoms with van der Waals surface area (Å²) in [5, 5.41) is 4.59. The second-order valence-corrected chi connectivity index (χ2v) is 5.23. The number of aryl methyl sites for hydroxylation is 2. The fourth-order valence-corrected chi connectivity index (χ4v) is 3.22. The molecule has 0 aliphatic carbocycles. The molecule has 0 fully saturated rings. The van der Waals surface area contributed by atoms with Gasteiger partial charge in [-0.2, -0.15) is 0 Å². The molecule has 0 amide bonds. The first-order valence-electron chi connectivity index (χ1n) is 5.71. The normalized spacial score (nSPS) is 14.4. The third kappa shape index (κ3) is 1.24. The lowest BCUT2D eigenvalue weighted by Crippen LogP contribution is -2.09. The maximum absolute atomic E-state index is 3.72. The number of benzene rings is 1. The van der Waals surface area contributed by atoms with Crippen molar-refractivity contribution in [3.63, 3.8) is 0 Å². The number of halogens is 1. The number of nitrogens with one attached hydrogen (secondary N) is 1. The first kappa shape index (κ1) is 10.2. The van der Waals surface area contributed by atoms with Gasteiger partial charge in [0.25, 0.3) is 0 Å². The Bertz CT molecular complexity index is 569. The number of anilines is 1. The maximum Gasteiger partial charge on any atom is 0.0528 e. The van der Waals surface area contributed by atoms with Crippen molar-refractivity contribution in [3.05, 3.63) is 27.9 Å². The molecule has 1 aliphatic heterocycles. The van der Waals surface area contributed by atoms with E-state index in [9.17, 15) is 0 Å². The predicted octanol–water partition coefficient (Wildman–Crippen LogP) is 3.70. The molecule has 3 heteroatoms. The fraction of sp³-hybridized carbons (Fsp3) is 0.385. The Kier molecular flexibility index (Phi) is 2.25. The van der Waals surface area contributed by atoms with Crippen LogP contribution in [0.15, 0.2) is 16.6 Å². The monoisotopic (exact) mass is 278 g/mol. The van der Waals surface area contributed by atoms with E-state index in [4.69, 9.17) is 0 Å². The van der Waals surface area contributed by atoms with Gasteiger partial charge in [0.2, 0.25) is 0 Å². The Balaban J connectivity index is 2.45. The Labute approximate surface area is 104 Å². The van der Waals surface area contributed by atoms with E-state index in [0.29, 0.717) is 0 Å². The van der Waals surface area contributed by atoms with Crippen molar-refractivity contribution in [2.75, 3.05) is 12.4 Å². The number of nitrogens with zero attached hydrogens (tertiary/aromatic N) is 1. The summed E-state index contributed by atoms with van der Waals surface area (Å²) in [6, 6.07) is 4.52. The summed E-state index contributed by atoms with van der Waals surface area (Å²) >= 11 is 3.72. The first-order chi connectivity index (χ1) is 7.72. The lowest BCUT2D eigenvalue weighted by Gasteiger charge is -2.17. The fourth-order valence-electron chi connectivity index (χ4n) is 2.70. The van der Waals surface area contributed by atoms with Gasteiger partial charge in [-0.3, -0.25) is 0 Å². The van der Waals surface area contributed by atoms with Crippen molar-refractivity contribution >= 4 is 32.5 Å². The summed E-state index contributed by atoms with van der Waals surface area (Å²) in [5.74, 6) is 0. The number of hydrogen-bond donors (Lipinski definition) is 1. The van der Waals surface area contributed by atoms with Crippen molar-refractivity contribution < 1.29 is 0 Å². The van der Waals surface area contributed by atoms with Crippen molar-refractivity contribution in [1.82, 2.24) is 4.57 Å². The zero-order valence-electron chi connectivity index (χ0n) is 9.60. The lowest BCUT2D eigenvalue weighted by molar-refractivity contribution is 0.622. The highest BCUT2D eigenvalue weighted by Gasteiger charge is 2.19. The van der Waals surface area contributed by atoms with E-state index in [1.165, 1.54) is 45.2 Å². The van der Waals surface area contributed by atoms with Crippen LogP contribution in [0.4, 0.5) is 5.69 Å². The third-order valence-corrected chi connectivity index (χ3v) is 4.54. The van der Waals surface area contributed by atoms with E-state index >= 15 is 0 Å². The minimum atomic E-state index is 1.15. The molecule has 84 valence electrons. The zero-order valence-corrected chi connectivity index (χ0v) is 11.2. The molecule has 0 atom stereocenters. The van der Waals surface area contributed by atoms with Crippen molar-refractivity contribution in [3.8, 4) is 0 Å². The van der Waals surface area contributed by atoms with E-state index in [-0.39, 0.29) is 0 Å². The molecule has 0 spiro atoms. The van der Waals surface area contributed by atoms with Crippen molar-refractivity contribution in [2.45, 2.75) is 26.3 Å². The molecule has 2 nitrogen and oxygen atoms in total. The smallest absolute Gasteiger partial charge is 0.0528 e. The predicted molar refractivity (Wildman–Crippen MR) is 72.2 cm³/mol. The number of aromatic nitrogens is 1. The molecule has 0 saturated heterocycles. The maximum atomic E-state index is 3.72. The van der Waals surface area contributed by atoms with Gasteiger partial charge in [0.1, 0.15) is 0 Å². The molecule has 3 rings (SSSR count). The summed E-state index contributed by atoms with van der Waals surface area (Å²) in [6.07, 6.45) is 2.44. The van der Waals surface area contributed by atoms with E-state index in [1.54, 1.807) is 0 Å².